The van der Waals surface area contributed by atoms with Crippen molar-refractivity contribution in [2.24, 2.45) is 5.73 Å². The van der Waals surface area contributed by atoms with Gasteiger partial charge in [0.25, 0.3) is 0 Å². The Morgan fingerprint density at radius 1 is 1.40 bits per heavy atom. The number of halogens is 1. The third-order valence-electron chi connectivity index (χ3n) is 0.418. The molecule has 1 unspecified atom stereocenters. The molecule has 0 bridgehead atoms. The summed E-state index contributed by atoms with van der Waals surface area (Å²) in [7, 11) is 6.00. The third kappa shape index (κ3) is 89.2. The first kappa shape index (κ1) is 16.6. The third-order valence-corrected chi connectivity index (χ3v) is 0.418. The smallest absolute Gasteiger partial charge is 0.102 e. The summed E-state index contributed by atoms with van der Waals surface area (Å²) >= 11 is 0. The Morgan fingerprint density at radius 3 is 1.50 bits per heavy atom. The van der Waals surface area contributed by atoms with Gasteiger partial charge in [-0.1, -0.05) is 6.92 Å². The molecule has 3 N–H and O–H groups in total. The predicted molar refractivity (Wildman–Crippen MR) is 47.3 cm³/mol. The number of aliphatic hydroxyl groups excluding tert-OH is 1. The van der Waals surface area contributed by atoms with E-state index < -0.39 is 6.23 Å². The first-order valence-electron chi connectivity index (χ1n) is 3.05. The minimum absolute atomic E-state index is 0. The second-order valence-electron chi connectivity index (χ2n) is 2.32. The monoisotopic (exact) mass is 170 g/mol. The lowest BCUT2D eigenvalue weighted by molar-refractivity contribution is 0.178. The summed E-state index contributed by atoms with van der Waals surface area (Å²) in [5.74, 6) is 0. The molecule has 1 atom stereocenters. The highest BCUT2D eigenvalue weighted by atomic mass is 35.5. The van der Waals surface area contributed by atoms with Crippen molar-refractivity contribution in [2.75, 3.05) is 21.1 Å². The molecule has 0 spiro atoms. The van der Waals surface area contributed by atoms with Gasteiger partial charge in [0, 0.05) is 0 Å². The summed E-state index contributed by atoms with van der Waals surface area (Å²) in [6.07, 6.45) is 0.0231. The zero-order valence-corrected chi connectivity index (χ0v) is 7.98. The highest BCUT2D eigenvalue weighted by Crippen LogP contribution is 1.72. The van der Waals surface area contributed by atoms with Crippen LogP contribution in [0.2, 0.25) is 0 Å². The Labute approximate surface area is 69.6 Å². The van der Waals surface area contributed by atoms with E-state index in [1.807, 2.05) is 33.0 Å². The van der Waals surface area contributed by atoms with Crippen molar-refractivity contribution in [2.45, 2.75) is 19.6 Å². The van der Waals surface area contributed by atoms with Crippen molar-refractivity contribution >= 4 is 12.4 Å². The first-order valence-corrected chi connectivity index (χ1v) is 3.05. The van der Waals surface area contributed by atoms with Gasteiger partial charge in [-0.15, -0.1) is 12.4 Å². The van der Waals surface area contributed by atoms with E-state index >= 15 is 0 Å². The number of rotatable bonds is 1. The van der Waals surface area contributed by atoms with Crippen molar-refractivity contribution in [3.63, 3.8) is 0 Å². The maximum Gasteiger partial charge on any atom is 0.102 e. The van der Waals surface area contributed by atoms with E-state index in [1.54, 1.807) is 0 Å². The second kappa shape index (κ2) is 11.9. The Bertz CT molecular complexity index is 48.3. The quantitative estimate of drug-likeness (QED) is 0.556. The predicted octanol–water partition coefficient (Wildman–Crippen LogP) is 0.273. The van der Waals surface area contributed by atoms with Crippen LogP contribution in [0, 0.1) is 0 Å². The molecular formula is C6H19ClN2O. The summed E-state index contributed by atoms with van der Waals surface area (Å²) in [5.41, 5.74) is 4.85. The van der Waals surface area contributed by atoms with Crippen LogP contribution in [-0.2, 0) is 0 Å². The highest BCUT2D eigenvalue weighted by Gasteiger charge is 1.81. The van der Waals surface area contributed by atoms with Crippen molar-refractivity contribution in [1.82, 2.24) is 4.90 Å². The highest BCUT2D eigenvalue weighted by molar-refractivity contribution is 5.85. The summed E-state index contributed by atoms with van der Waals surface area (Å²) < 4.78 is 0. The number of nitrogens with zero attached hydrogens (tertiary/aromatic N) is 1. The van der Waals surface area contributed by atoms with Crippen LogP contribution in [0.1, 0.15) is 13.3 Å². The molecule has 10 heavy (non-hydrogen) atoms. The fourth-order valence-corrected chi connectivity index (χ4v) is 0. The van der Waals surface area contributed by atoms with Crippen molar-refractivity contribution in [3.8, 4) is 0 Å². The molecule has 0 fully saturated rings. The molecule has 4 heteroatoms. The second-order valence-corrected chi connectivity index (χ2v) is 2.32. The van der Waals surface area contributed by atoms with Crippen LogP contribution in [0.25, 0.3) is 0 Å². The van der Waals surface area contributed by atoms with E-state index in [1.165, 1.54) is 0 Å². The summed E-state index contributed by atoms with van der Waals surface area (Å²) in [6, 6.07) is 0. The molecule has 0 heterocycles. The summed E-state index contributed by atoms with van der Waals surface area (Å²) in [5, 5.41) is 8.14. The van der Waals surface area contributed by atoms with Crippen LogP contribution in [-0.4, -0.2) is 37.4 Å². The molecule has 66 valence electrons. The van der Waals surface area contributed by atoms with E-state index in [-0.39, 0.29) is 12.4 Å². The molecule has 0 saturated heterocycles. The lowest BCUT2D eigenvalue weighted by Crippen LogP contribution is -2.16. The van der Waals surface area contributed by atoms with Crippen LogP contribution in [0.4, 0.5) is 0 Å². The SMILES string of the molecule is CCC(N)O.CN(C)C.Cl. The molecule has 0 saturated carbocycles. The lowest BCUT2D eigenvalue weighted by Gasteiger charge is -1.91. The van der Waals surface area contributed by atoms with Crippen molar-refractivity contribution < 1.29 is 5.11 Å². The van der Waals surface area contributed by atoms with E-state index in [0.717, 1.165) is 0 Å². The van der Waals surface area contributed by atoms with E-state index in [4.69, 9.17) is 10.8 Å². The largest absolute Gasteiger partial charge is 0.379 e. The summed E-state index contributed by atoms with van der Waals surface area (Å²) in [4.78, 5) is 2.00. The van der Waals surface area contributed by atoms with Gasteiger partial charge in [-0.2, -0.15) is 0 Å². The molecule has 0 aromatic heterocycles. The molecule has 0 aliphatic carbocycles. The molecule has 0 amide bonds. The molecule has 0 rings (SSSR count). The average molecular weight is 171 g/mol. The van der Waals surface area contributed by atoms with Crippen molar-refractivity contribution in [3.05, 3.63) is 0 Å². The fourth-order valence-electron chi connectivity index (χ4n) is 0. The molecule has 3 nitrogen and oxygen atoms in total. The zero-order chi connectivity index (χ0) is 7.86. The normalized spacial score (nSPS) is 11.1. The van der Waals surface area contributed by atoms with Gasteiger partial charge in [-0.3, -0.25) is 0 Å². The molecule has 0 radical (unpaired) electrons. The van der Waals surface area contributed by atoms with Crippen LogP contribution >= 0.6 is 12.4 Å². The van der Waals surface area contributed by atoms with Gasteiger partial charge in [0.2, 0.25) is 0 Å². The van der Waals surface area contributed by atoms with Crippen LogP contribution < -0.4 is 5.73 Å². The lowest BCUT2D eigenvalue weighted by atomic mass is 10.5. The zero-order valence-electron chi connectivity index (χ0n) is 7.16. The van der Waals surface area contributed by atoms with Crippen LogP contribution in [0.15, 0.2) is 0 Å². The fraction of sp³-hybridized carbons (Fsp3) is 1.00. The van der Waals surface area contributed by atoms with Gasteiger partial charge in [0.1, 0.15) is 6.23 Å². The number of hydrogen-bond donors (Lipinski definition) is 2. The molecule has 0 aliphatic heterocycles. The Hall–Kier alpha value is 0.170. The maximum atomic E-state index is 8.14. The van der Waals surface area contributed by atoms with Gasteiger partial charge in [0.05, 0.1) is 0 Å². The van der Waals surface area contributed by atoms with Gasteiger partial charge in [-0.05, 0) is 27.6 Å². The molecular weight excluding hydrogens is 152 g/mol. The number of aliphatic hydroxyl groups is 1. The Kier molecular flexibility index (Phi) is 19.8. The summed E-state index contributed by atoms with van der Waals surface area (Å²) in [6.45, 7) is 1.82. The Morgan fingerprint density at radius 2 is 1.50 bits per heavy atom. The van der Waals surface area contributed by atoms with E-state index in [0.29, 0.717) is 6.42 Å². The van der Waals surface area contributed by atoms with Crippen molar-refractivity contribution in [1.29, 1.82) is 0 Å². The average Bonchev–Trinajstić information content (AvgIpc) is 1.65. The standard InChI is InChI=1S/C3H9NO.C3H9N.ClH/c1-2-3(4)5;1-4(2)3;/h3,5H,2,4H2,1H3;1-3H3;1H. The van der Waals surface area contributed by atoms with E-state index in [9.17, 15) is 0 Å². The number of hydrogen-bond acceptors (Lipinski definition) is 3. The topological polar surface area (TPSA) is 49.5 Å². The Balaban J connectivity index is -0.0000000910. The first-order chi connectivity index (χ1) is 4.00. The molecule has 0 aliphatic rings. The van der Waals surface area contributed by atoms with Gasteiger partial charge in [-0.25, -0.2) is 0 Å². The minimum atomic E-state index is -0.616. The van der Waals surface area contributed by atoms with Crippen LogP contribution in [0.3, 0.4) is 0 Å². The molecule has 0 aromatic rings. The maximum absolute atomic E-state index is 8.14. The van der Waals surface area contributed by atoms with Gasteiger partial charge < -0.3 is 15.7 Å². The minimum Gasteiger partial charge on any atom is -0.379 e. The van der Waals surface area contributed by atoms with E-state index in [2.05, 4.69) is 0 Å². The van der Waals surface area contributed by atoms with Gasteiger partial charge in [0.15, 0.2) is 0 Å². The van der Waals surface area contributed by atoms with Gasteiger partial charge >= 0.3 is 0 Å². The number of nitrogens with two attached hydrogens (primary N) is 1. The molecule has 0 aromatic carbocycles. The van der Waals surface area contributed by atoms with Crippen LogP contribution in [0.5, 0.6) is 0 Å².